The third-order valence-electron chi connectivity index (χ3n) is 2.94. The Morgan fingerprint density at radius 1 is 1.56 bits per heavy atom. The molecule has 0 saturated carbocycles. The molecule has 1 aliphatic rings. The summed E-state index contributed by atoms with van der Waals surface area (Å²) in [5.74, 6) is 0.702. The van der Waals surface area contributed by atoms with E-state index in [9.17, 15) is 4.39 Å². The van der Waals surface area contributed by atoms with E-state index in [4.69, 9.17) is 16.3 Å². The molecule has 1 heterocycles. The van der Waals surface area contributed by atoms with Crippen molar-refractivity contribution in [1.82, 2.24) is 5.32 Å². The monoisotopic (exact) mass is 243 g/mol. The quantitative estimate of drug-likeness (QED) is 0.881. The number of methoxy groups -OCH3 is 1. The molecule has 1 saturated heterocycles. The Kier molecular flexibility index (Phi) is 3.36. The van der Waals surface area contributed by atoms with E-state index in [0.29, 0.717) is 30.2 Å². The van der Waals surface area contributed by atoms with Crippen LogP contribution in [0, 0.1) is 0 Å². The van der Waals surface area contributed by atoms with Gasteiger partial charge in [-0.05, 0) is 36.7 Å². The van der Waals surface area contributed by atoms with E-state index < -0.39 is 5.67 Å². The number of hydrogen-bond acceptors (Lipinski definition) is 2. The zero-order valence-electron chi connectivity index (χ0n) is 9.22. The van der Waals surface area contributed by atoms with Crippen LogP contribution in [0.4, 0.5) is 4.39 Å². The summed E-state index contributed by atoms with van der Waals surface area (Å²) in [6.07, 6.45) is 0.895. The molecule has 0 bridgehead atoms. The molecule has 1 aliphatic heterocycles. The van der Waals surface area contributed by atoms with E-state index in [0.717, 1.165) is 12.1 Å². The SMILES string of the molecule is COc1ccc(Cl)cc1CC1(F)CCNC1. The summed E-state index contributed by atoms with van der Waals surface area (Å²) in [4.78, 5) is 0. The normalized spacial score (nSPS) is 24.7. The van der Waals surface area contributed by atoms with Crippen LogP contribution in [0.25, 0.3) is 0 Å². The van der Waals surface area contributed by atoms with Crippen molar-refractivity contribution in [3.63, 3.8) is 0 Å². The average molecular weight is 244 g/mol. The van der Waals surface area contributed by atoms with Gasteiger partial charge in [0.15, 0.2) is 0 Å². The lowest BCUT2D eigenvalue weighted by Crippen LogP contribution is -2.28. The number of benzene rings is 1. The van der Waals surface area contributed by atoms with Crippen LogP contribution in [0.3, 0.4) is 0 Å². The van der Waals surface area contributed by atoms with Crippen LogP contribution >= 0.6 is 11.6 Å². The van der Waals surface area contributed by atoms with E-state index >= 15 is 0 Å². The lowest BCUT2D eigenvalue weighted by Gasteiger charge is -2.19. The van der Waals surface area contributed by atoms with Gasteiger partial charge in [-0.25, -0.2) is 4.39 Å². The van der Waals surface area contributed by atoms with Gasteiger partial charge in [-0.1, -0.05) is 11.6 Å². The van der Waals surface area contributed by atoms with Gasteiger partial charge in [0, 0.05) is 18.0 Å². The second-order valence-corrected chi connectivity index (χ2v) is 4.65. The zero-order valence-corrected chi connectivity index (χ0v) is 9.98. The van der Waals surface area contributed by atoms with Gasteiger partial charge in [0.05, 0.1) is 7.11 Å². The second kappa shape index (κ2) is 4.60. The van der Waals surface area contributed by atoms with Crippen molar-refractivity contribution in [3.8, 4) is 5.75 Å². The molecular weight excluding hydrogens is 229 g/mol. The molecular formula is C12H15ClFNO. The number of alkyl halides is 1. The number of nitrogens with one attached hydrogen (secondary N) is 1. The van der Waals surface area contributed by atoms with Gasteiger partial charge in [0.2, 0.25) is 0 Å². The van der Waals surface area contributed by atoms with Crippen LogP contribution < -0.4 is 10.1 Å². The Morgan fingerprint density at radius 2 is 2.38 bits per heavy atom. The summed E-state index contributed by atoms with van der Waals surface area (Å²) < 4.78 is 19.5. The average Bonchev–Trinajstić information content (AvgIpc) is 2.65. The van der Waals surface area contributed by atoms with Gasteiger partial charge in [0.1, 0.15) is 11.4 Å². The molecule has 16 heavy (non-hydrogen) atoms. The van der Waals surface area contributed by atoms with Crippen molar-refractivity contribution in [2.75, 3.05) is 20.2 Å². The van der Waals surface area contributed by atoms with E-state index in [1.165, 1.54) is 0 Å². The van der Waals surface area contributed by atoms with Crippen LogP contribution in [0.1, 0.15) is 12.0 Å². The summed E-state index contributed by atoms with van der Waals surface area (Å²) in [7, 11) is 1.59. The minimum atomic E-state index is -1.17. The number of rotatable bonds is 3. The number of halogens is 2. The van der Waals surface area contributed by atoms with Crippen molar-refractivity contribution < 1.29 is 9.13 Å². The van der Waals surface area contributed by atoms with E-state index in [-0.39, 0.29) is 0 Å². The van der Waals surface area contributed by atoms with Crippen molar-refractivity contribution in [3.05, 3.63) is 28.8 Å². The molecule has 1 N–H and O–H groups in total. The Balaban J connectivity index is 2.22. The molecule has 88 valence electrons. The molecule has 1 atom stereocenters. The molecule has 1 unspecified atom stereocenters. The molecule has 0 aliphatic carbocycles. The minimum absolute atomic E-state index is 0.351. The van der Waals surface area contributed by atoms with Gasteiger partial charge in [-0.3, -0.25) is 0 Å². The maximum Gasteiger partial charge on any atom is 0.128 e. The van der Waals surface area contributed by atoms with Crippen LogP contribution in [0.2, 0.25) is 5.02 Å². The van der Waals surface area contributed by atoms with Crippen molar-refractivity contribution in [2.45, 2.75) is 18.5 Å². The van der Waals surface area contributed by atoms with Gasteiger partial charge in [0.25, 0.3) is 0 Å². The van der Waals surface area contributed by atoms with Crippen molar-refractivity contribution in [1.29, 1.82) is 0 Å². The Morgan fingerprint density at radius 3 is 3.00 bits per heavy atom. The molecule has 1 aromatic rings. The summed E-state index contributed by atoms with van der Waals surface area (Å²) in [5, 5.41) is 3.65. The number of ether oxygens (including phenoxy) is 1. The zero-order chi connectivity index (χ0) is 11.6. The standard InChI is InChI=1S/C12H15ClFNO/c1-16-11-3-2-10(13)6-9(11)7-12(14)4-5-15-8-12/h2-3,6,15H,4-5,7-8H2,1H3. The predicted molar refractivity (Wildman–Crippen MR) is 63.0 cm³/mol. The van der Waals surface area contributed by atoms with Crippen LogP contribution in [-0.4, -0.2) is 25.9 Å². The lowest BCUT2D eigenvalue weighted by molar-refractivity contribution is 0.189. The largest absolute Gasteiger partial charge is 0.496 e. The fourth-order valence-electron chi connectivity index (χ4n) is 2.09. The first kappa shape index (κ1) is 11.7. The highest BCUT2D eigenvalue weighted by molar-refractivity contribution is 6.30. The Bertz CT molecular complexity index is 377. The van der Waals surface area contributed by atoms with Crippen molar-refractivity contribution >= 4 is 11.6 Å². The molecule has 0 amide bonds. The molecule has 1 fully saturated rings. The smallest absolute Gasteiger partial charge is 0.128 e. The summed E-state index contributed by atoms with van der Waals surface area (Å²) in [5.41, 5.74) is -0.334. The topological polar surface area (TPSA) is 21.3 Å². The highest BCUT2D eigenvalue weighted by atomic mass is 35.5. The minimum Gasteiger partial charge on any atom is -0.496 e. The van der Waals surface area contributed by atoms with E-state index in [1.807, 2.05) is 0 Å². The van der Waals surface area contributed by atoms with Gasteiger partial charge in [-0.15, -0.1) is 0 Å². The number of hydrogen-bond donors (Lipinski definition) is 1. The first-order chi connectivity index (χ1) is 7.63. The summed E-state index contributed by atoms with van der Waals surface area (Å²) >= 11 is 5.91. The highest BCUT2D eigenvalue weighted by Gasteiger charge is 2.34. The Labute approximate surface area is 99.7 Å². The van der Waals surface area contributed by atoms with Crippen LogP contribution in [0.15, 0.2) is 18.2 Å². The molecule has 0 spiro atoms. The predicted octanol–water partition coefficient (Wildman–Crippen LogP) is 2.59. The molecule has 0 aromatic heterocycles. The molecule has 2 nitrogen and oxygen atoms in total. The van der Waals surface area contributed by atoms with E-state index in [2.05, 4.69) is 5.32 Å². The third-order valence-corrected chi connectivity index (χ3v) is 3.18. The maximum absolute atomic E-state index is 14.3. The molecule has 0 radical (unpaired) electrons. The summed E-state index contributed by atoms with van der Waals surface area (Å²) in [6.45, 7) is 1.14. The van der Waals surface area contributed by atoms with Gasteiger partial charge in [-0.2, -0.15) is 0 Å². The van der Waals surface area contributed by atoms with E-state index in [1.54, 1.807) is 25.3 Å². The molecule has 4 heteroatoms. The lowest BCUT2D eigenvalue weighted by atomic mass is 9.95. The fraction of sp³-hybridized carbons (Fsp3) is 0.500. The Hall–Kier alpha value is -0.800. The second-order valence-electron chi connectivity index (χ2n) is 4.21. The van der Waals surface area contributed by atoms with Crippen LogP contribution in [0.5, 0.6) is 5.75 Å². The van der Waals surface area contributed by atoms with Crippen molar-refractivity contribution in [2.24, 2.45) is 0 Å². The maximum atomic E-state index is 14.3. The summed E-state index contributed by atoms with van der Waals surface area (Å²) in [6, 6.07) is 5.31. The van der Waals surface area contributed by atoms with Gasteiger partial charge >= 0.3 is 0 Å². The first-order valence-corrected chi connectivity index (χ1v) is 5.73. The van der Waals surface area contributed by atoms with Crippen LogP contribution in [-0.2, 0) is 6.42 Å². The first-order valence-electron chi connectivity index (χ1n) is 5.35. The highest BCUT2D eigenvalue weighted by Crippen LogP contribution is 2.31. The van der Waals surface area contributed by atoms with Gasteiger partial charge < -0.3 is 10.1 Å². The fourth-order valence-corrected chi connectivity index (χ4v) is 2.29. The third kappa shape index (κ3) is 2.47. The molecule has 1 aromatic carbocycles. The molecule has 2 rings (SSSR count).